The van der Waals surface area contributed by atoms with Crippen molar-refractivity contribution >= 4 is 29.1 Å². The minimum absolute atomic E-state index is 0.0308. The van der Waals surface area contributed by atoms with Crippen molar-refractivity contribution in [3.05, 3.63) is 69.7 Å². The Morgan fingerprint density at radius 1 is 1.10 bits per heavy atom. The lowest BCUT2D eigenvalue weighted by Crippen LogP contribution is -2.24. The molecule has 2 nitrogen and oxygen atoms in total. The van der Waals surface area contributed by atoms with E-state index in [1.54, 1.807) is 6.07 Å². The van der Waals surface area contributed by atoms with Crippen molar-refractivity contribution < 1.29 is 4.79 Å². The highest BCUT2D eigenvalue weighted by atomic mass is 35.5. The standard InChI is InChI=1S/C17H15Cl2NO/c18-13-6-12(7-14(19)8-13)15-9-16(15)17(21)20-10-11-4-2-1-3-5-11/h1-8,15-16H,9-10H2,(H,20,21)/t15-,16-/m0/s1. The summed E-state index contributed by atoms with van der Waals surface area (Å²) in [6.07, 6.45) is 0.858. The predicted octanol–water partition coefficient (Wildman–Crippen LogP) is 4.41. The first-order valence-electron chi connectivity index (χ1n) is 6.91. The van der Waals surface area contributed by atoms with E-state index in [0.29, 0.717) is 16.6 Å². The summed E-state index contributed by atoms with van der Waals surface area (Å²) in [6.45, 7) is 0.569. The fourth-order valence-electron chi connectivity index (χ4n) is 2.56. The number of benzene rings is 2. The smallest absolute Gasteiger partial charge is 0.224 e. The Morgan fingerprint density at radius 2 is 1.76 bits per heavy atom. The van der Waals surface area contributed by atoms with Crippen LogP contribution in [0.3, 0.4) is 0 Å². The zero-order chi connectivity index (χ0) is 14.8. The molecule has 0 saturated heterocycles. The van der Waals surface area contributed by atoms with Crippen LogP contribution in [0.15, 0.2) is 48.5 Å². The molecular formula is C17H15Cl2NO. The monoisotopic (exact) mass is 319 g/mol. The van der Waals surface area contributed by atoms with Crippen LogP contribution in [0.25, 0.3) is 0 Å². The second-order valence-corrected chi connectivity index (χ2v) is 6.23. The minimum Gasteiger partial charge on any atom is -0.352 e. The Morgan fingerprint density at radius 3 is 2.43 bits per heavy atom. The second kappa shape index (κ2) is 6.08. The van der Waals surface area contributed by atoms with Crippen LogP contribution in [0, 0.1) is 5.92 Å². The summed E-state index contributed by atoms with van der Waals surface area (Å²) in [5.41, 5.74) is 2.15. The highest BCUT2D eigenvalue weighted by molar-refractivity contribution is 6.34. The van der Waals surface area contributed by atoms with Gasteiger partial charge in [-0.2, -0.15) is 0 Å². The molecule has 0 heterocycles. The normalized spacial score (nSPS) is 20.1. The second-order valence-electron chi connectivity index (χ2n) is 5.35. The zero-order valence-corrected chi connectivity index (χ0v) is 12.9. The molecule has 1 aliphatic carbocycles. The van der Waals surface area contributed by atoms with Crippen LogP contribution in [0.2, 0.25) is 10.0 Å². The van der Waals surface area contributed by atoms with E-state index in [-0.39, 0.29) is 17.7 Å². The number of carbonyl (C=O) groups is 1. The maximum atomic E-state index is 12.2. The molecule has 2 atom stereocenters. The molecule has 1 N–H and O–H groups in total. The van der Waals surface area contributed by atoms with Gasteiger partial charge < -0.3 is 5.32 Å². The molecular weight excluding hydrogens is 305 g/mol. The van der Waals surface area contributed by atoms with Gasteiger partial charge in [-0.25, -0.2) is 0 Å². The molecule has 1 saturated carbocycles. The number of carbonyl (C=O) groups excluding carboxylic acids is 1. The quantitative estimate of drug-likeness (QED) is 0.888. The van der Waals surface area contributed by atoms with Gasteiger partial charge in [-0.15, -0.1) is 0 Å². The van der Waals surface area contributed by atoms with E-state index in [9.17, 15) is 4.79 Å². The Kier molecular flexibility index (Phi) is 4.18. The SMILES string of the molecule is O=C(NCc1ccccc1)[C@H]1C[C@H]1c1cc(Cl)cc(Cl)c1. The van der Waals surface area contributed by atoms with Crippen molar-refractivity contribution in [1.29, 1.82) is 0 Å². The summed E-state index contributed by atoms with van der Waals surface area (Å²) in [5, 5.41) is 4.22. The first-order valence-corrected chi connectivity index (χ1v) is 7.67. The van der Waals surface area contributed by atoms with Crippen LogP contribution in [-0.2, 0) is 11.3 Å². The molecule has 0 bridgehead atoms. The summed E-state index contributed by atoms with van der Waals surface area (Å²) in [7, 11) is 0. The Balaban J connectivity index is 1.58. The van der Waals surface area contributed by atoms with Crippen LogP contribution in [-0.4, -0.2) is 5.91 Å². The average molecular weight is 320 g/mol. The third kappa shape index (κ3) is 3.58. The summed E-state index contributed by atoms with van der Waals surface area (Å²) >= 11 is 12.0. The number of nitrogens with one attached hydrogen (secondary N) is 1. The van der Waals surface area contributed by atoms with Crippen LogP contribution in [0.4, 0.5) is 0 Å². The van der Waals surface area contributed by atoms with Gasteiger partial charge in [-0.1, -0.05) is 53.5 Å². The van der Waals surface area contributed by atoms with Crippen molar-refractivity contribution in [2.24, 2.45) is 5.92 Å². The maximum Gasteiger partial charge on any atom is 0.224 e. The predicted molar refractivity (Wildman–Crippen MR) is 85.6 cm³/mol. The lowest BCUT2D eigenvalue weighted by atomic mass is 10.1. The van der Waals surface area contributed by atoms with Gasteiger partial charge in [0.05, 0.1) is 0 Å². The Bertz CT molecular complexity index is 637. The van der Waals surface area contributed by atoms with Crippen molar-refractivity contribution in [3.8, 4) is 0 Å². The van der Waals surface area contributed by atoms with Crippen molar-refractivity contribution in [3.63, 3.8) is 0 Å². The molecule has 0 unspecified atom stereocenters. The van der Waals surface area contributed by atoms with Gasteiger partial charge in [0.1, 0.15) is 0 Å². The highest BCUT2D eigenvalue weighted by Crippen LogP contribution is 2.48. The van der Waals surface area contributed by atoms with Gasteiger partial charge in [0.25, 0.3) is 0 Å². The van der Waals surface area contributed by atoms with Crippen molar-refractivity contribution in [2.45, 2.75) is 18.9 Å². The van der Waals surface area contributed by atoms with Crippen molar-refractivity contribution in [1.82, 2.24) is 5.32 Å². The number of halogens is 2. The van der Waals surface area contributed by atoms with E-state index >= 15 is 0 Å². The van der Waals surface area contributed by atoms with Crippen LogP contribution in [0.5, 0.6) is 0 Å². The van der Waals surface area contributed by atoms with Crippen LogP contribution >= 0.6 is 23.2 Å². The topological polar surface area (TPSA) is 29.1 Å². The lowest BCUT2D eigenvalue weighted by Gasteiger charge is -2.06. The molecule has 21 heavy (non-hydrogen) atoms. The van der Waals surface area contributed by atoms with E-state index in [2.05, 4.69) is 5.32 Å². The van der Waals surface area contributed by atoms with Gasteiger partial charge in [-0.05, 0) is 41.7 Å². The molecule has 2 aromatic carbocycles. The van der Waals surface area contributed by atoms with Gasteiger partial charge in [0, 0.05) is 22.5 Å². The third-order valence-corrected chi connectivity index (χ3v) is 4.19. The average Bonchev–Trinajstić information content (AvgIpc) is 3.25. The molecule has 1 amide bonds. The Hall–Kier alpha value is -1.51. The molecule has 108 valence electrons. The molecule has 1 fully saturated rings. The molecule has 4 heteroatoms. The van der Waals surface area contributed by atoms with Gasteiger partial charge >= 0.3 is 0 Å². The number of amides is 1. The minimum atomic E-state index is 0.0308. The molecule has 1 aliphatic rings. The van der Waals surface area contributed by atoms with E-state index in [1.807, 2.05) is 42.5 Å². The summed E-state index contributed by atoms with van der Waals surface area (Å²) in [6, 6.07) is 15.4. The first-order chi connectivity index (χ1) is 10.1. The molecule has 2 aromatic rings. The first kappa shape index (κ1) is 14.4. The van der Waals surface area contributed by atoms with E-state index in [4.69, 9.17) is 23.2 Å². The Labute approximate surface area is 134 Å². The molecule has 0 spiro atoms. The third-order valence-electron chi connectivity index (χ3n) is 3.75. The van der Waals surface area contributed by atoms with E-state index in [0.717, 1.165) is 17.5 Å². The van der Waals surface area contributed by atoms with Crippen LogP contribution < -0.4 is 5.32 Å². The maximum absolute atomic E-state index is 12.2. The van der Waals surface area contributed by atoms with Crippen molar-refractivity contribution in [2.75, 3.05) is 0 Å². The fraction of sp³-hybridized carbons (Fsp3) is 0.235. The highest BCUT2D eigenvalue weighted by Gasteiger charge is 2.43. The van der Waals surface area contributed by atoms with E-state index in [1.165, 1.54) is 0 Å². The lowest BCUT2D eigenvalue weighted by molar-refractivity contribution is -0.122. The molecule has 0 aromatic heterocycles. The number of rotatable bonds is 4. The molecule has 0 radical (unpaired) electrons. The zero-order valence-electron chi connectivity index (χ0n) is 11.4. The largest absolute Gasteiger partial charge is 0.352 e. The summed E-state index contributed by atoms with van der Waals surface area (Å²) in [5.74, 6) is 0.361. The van der Waals surface area contributed by atoms with Gasteiger partial charge in [0.2, 0.25) is 5.91 Å². The number of hydrogen-bond acceptors (Lipinski definition) is 1. The molecule has 3 rings (SSSR count). The summed E-state index contributed by atoms with van der Waals surface area (Å²) < 4.78 is 0. The molecule has 0 aliphatic heterocycles. The summed E-state index contributed by atoms with van der Waals surface area (Å²) in [4.78, 5) is 12.2. The van der Waals surface area contributed by atoms with Gasteiger partial charge in [-0.3, -0.25) is 4.79 Å². The number of hydrogen-bond donors (Lipinski definition) is 1. The van der Waals surface area contributed by atoms with Gasteiger partial charge in [0.15, 0.2) is 0 Å². The van der Waals surface area contributed by atoms with E-state index < -0.39 is 0 Å². The fourth-order valence-corrected chi connectivity index (χ4v) is 3.10. The van der Waals surface area contributed by atoms with Crippen LogP contribution in [0.1, 0.15) is 23.5 Å².